The Morgan fingerprint density at radius 2 is 1.88 bits per heavy atom. The summed E-state index contributed by atoms with van der Waals surface area (Å²) < 4.78 is 5.45. The summed E-state index contributed by atoms with van der Waals surface area (Å²) in [6.45, 7) is 1.46. The molecule has 0 aliphatic rings. The van der Waals surface area contributed by atoms with E-state index in [1.54, 1.807) is 36.4 Å². The van der Waals surface area contributed by atoms with Gasteiger partial charge in [0.1, 0.15) is 11.6 Å². The fraction of sp³-hybridized carbons (Fsp3) is 0.167. The van der Waals surface area contributed by atoms with Gasteiger partial charge in [-0.05, 0) is 43.3 Å². The Labute approximate surface area is 144 Å². The zero-order valence-corrected chi connectivity index (χ0v) is 13.3. The van der Waals surface area contributed by atoms with Crippen molar-refractivity contribution in [1.29, 1.82) is 10.5 Å². The molecule has 1 heterocycles. The molecule has 0 radical (unpaired) electrons. The zero-order chi connectivity index (χ0) is 18.2. The van der Waals surface area contributed by atoms with Gasteiger partial charge in [0, 0.05) is 6.20 Å². The normalized spacial score (nSPS) is 12.1. The predicted molar refractivity (Wildman–Crippen MR) is 88.2 cm³/mol. The van der Waals surface area contributed by atoms with E-state index in [2.05, 4.69) is 10.3 Å². The number of carbonyl (C=O) groups excluding carboxylic acids is 2. The van der Waals surface area contributed by atoms with E-state index in [1.165, 1.54) is 25.3 Å². The summed E-state index contributed by atoms with van der Waals surface area (Å²) in [7, 11) is 0. The van der Waals surface area contributed by atoms with Crippen molar-refractivity contribution in [2.75, 3.05) is 5.32 Å². The number of benzene rings is 1. The Bertz CT molecular complexity index is 835. The van der Waals surface area contributed by atoms with Crippen molar-refractivity contribution in [1.82, 2.24) is 4.98 Å². The Morgan fingerprint density at radius 3 is 2.44 bits per heavy atom. The third kappa shape index (κ3) is 4.63. The fourth-order valence-electron chi connectivity index (χ4n) is 1.99. The summed E-state index contributed by atoms with van der Waals surface area (Å²) >= 11 is 0. The van der Waals surface area contributed by atoms with Crippen LogP contribution in [-0.4, -0.2) is 22.8 Å². The molecule has 7 heteroatoms. The van der Waals surface area contributed by atoms with Crippen LogP contribution in [-0.2, 0) is 9.59 Å². The standard InChI is InChI=1S/C18H14N4O3/c1-12(25-14-7-5-13(10-19)6-8-14)17(23)15(11-20)18(24)22-16-4-2-3-9-21-16/h2-9,12,15H,1H3,(H,21,22,24)/t12-,15-/m0/s1. The third-order valence-corrected chi connectivity index (χ3v) is 3.29. The van der Waals surface area contributed by atoms with Crippen LogP contribution in [0.2, 0.25) is 0 Å². The number of nitriles is 2. The van der Waals surface area contributed by atoms with Gasteiger partial charge in [0.25, 0.3) is 5.91 Å². The summed E-state index contributed by atoms with van der Waals surface area (Å²) in [4.78, 5) is 28.4. The third-order valence-electron chi connectivity index (χ3n) is 3.29. The number of aromatic nitrogens is 1. The quantitative estimate of drug-likeness (QED) is 0.808. The van der Waals surface area contributed by atoms with Crippen molar-refractivity contribution in [3.05, 3.63) is 54.2 Å². The number of hydrogen-bond acceptors (Lipinski definition) is 6. The molecule has 1 N–H and O–H groups in total. The molecular formula is C18H14N4O3. The predicted octanol–water partition coefficient (Wildman–Crippen LogP) is 2.07. The molecule has 25 heavy (non-hydrogen) atoms. The number of nitrogens with zero attached hydrogens (tertiary/aromatic N) is 3. The number of ether oxygens (including phenoxy) is 1. The molecule has 1 aromatic heterocycles. The highest BCUT2D eigenvalue weighted by molar-refractivity contribution is 6.10. The number of nitrogens with one attached hydrogen (secondary N) is 1. The molecule has 0 aliphatic heterocycles. The van der Waals surface area contributed by atoms with Gasteiger partial charge in [-0.15, -0.1) is 0 Å². The van der Waals surface area contributed by atoms with E-state index in [1.807, 2.05) is 6.07 Å². The van der Waals surface area contributed by atoms with Crippen LogP contribution in [0, 0.1) is 28.6 Å². The lowest BCUT2D eigenvalue weighted by molar-refractivity contribution is -0.133. The first kappa shape index (κ1) is 17.6. The zero-order valence-electron chi connectivity index (χ0n) is 13.3. The minimum Gasteiger partial charge on any atom is -0.483 e. The van der Waals surface area contributed by atoms with Gasteiger partial charge in [0.15, 0.2) is 17.8 Å². The average molecular weight is 334 g/mol. The summed E-state index contributed by atoms with van der Waals surface area (Å²) in [5.41, 5.74) is 0.455. The van der Waals surface area contributed by atoms with Crippen molar-refractivity contribution in [3.63, 3.8) is 0 Å². The van der Waals surface area contributed by atoms with Crippen LogP contribution < -0.4 is 10.1 Å². The van der Waals surface area contributed by atoms with Crippen molar-refractivity contribution in [3.8, 4) is 17.9 Å². The summed E-state index contributed by atoms with van der Waals surface area (Å²) in [6.07, 6.45) is 0.474. The average Bonchev–Trinajstić information content (AvgIpc) is 2.63. The fourth-order valence-corrected chi connectivity index (χ4v) is 1.99. The van der Waals surface area contributed by atoms with Crippen LogP contribution in [0.4, 0.5) is 5.82 Å². The first-order valence-corrected chi connectivity index (χ1v) is 7.37. The maximum atomic E-state index is 12.4. The van der Waals surface area contributed by atoms with Crippen molar-refractivity contribution in [2.24, 2.45) is 5.92 Å². The van der Waals surface area contributed by atoms with Gasteiger partial charge < -0.3 is 10.1 Å². The minimum absolute atomic E-state index is 0.251. The SMILES string of the molecule is C[C@H](Oc1ccc(C#N)cc1)C(=O)[C@H](C#N)C(=O)Nc1ccccn1. The monoisotopic (exact) mass is 334 g/mol. The molecule has 7 nitrogen and oxygen atoms in total. The van der Waals surface area contributed by atoms with Gasteiger partial charge in [-0.25, -0.2) is 4.98 Å². The number of rotatable bonds is 6. The number of hydrogen-bond donors (Lipinski definition) is 1. The van der Waals surface area contributed by atoms with Crippen LogP contribution in [0.25, 0.3) is 0 Å². The Morgan fingerprint density at radius 1 is 1.16 bits per heavy atom. The number of anilines is 1. The maximum Gasteiger partial charge on any atom is 0.250 e. The molecular weight excluding hydrogens is 320 g/mol. The second-order valence-corrected chi connectivity index (χ2v) is 5.06. The topological polar surface area (TPSA) is 116 Å². The summed E-state index contributed by atoms with van der Waals surface area (Å²) in [6, 6.07) is 14.7. The van der Waals surface area contributed by atoms with Crippen LogP contribution in [0.15, 0.2) is 48.7 Å². The van der Waals surface area contributed by atoms with E-state index in [9.17, 15) is 14.9 Å². The lowest BCUT2D eigenvalue weighted by atomic mass is 10.0. The van der Waals surface area contributed by atoms with Gasteiger partial charge in [-0.1, -0.05) is 6.07 Å². The highest BCUT2D eigenvalue weighted by Crippen LogP contribution is 2.16. The highest BCUT2D eigenvalue weighted by Gasteiger charge is 2.31. The lowest BCUT2D eigenvalue weighted by Crippen LogP contribution is -2.37. The van der Waals surface area contributed by atoms with Crippen LogP contribution >= 0.6 is 0 Å². The van der Waals surface area contributed by atoms with Gasteiger partial charge >= 0.3 is 0 Å². The molecule has 0 unspecified atom stereocenters. The van der Waals surface area contributed by atoms with Crippen molar-refractivity contribution >= 4 is 17.5 Å². The smallest absolute Gasteiger partial charge is 0.250 e. The number of amides is 1. The first-order chi connectivity index (χ1) is 12.0. The molecule has 0 bridgehead atoms. The summed E-state index contributed by atoms with van der Waals surface area (Å²) in [5, 5.41) is 20.4. The second kappa shape index (κ2) is 8.23. The van der Waals surface area contributed by atoms with Gasteiger partial charge in [-0.3, -0.25) is 9.59 Å². The van der Waals surface area contributed by atoms with E-state index in [-0.39, 0.29) is 5.82 Å². The molecule has 1 amide bonds. The second-order valence-electron chi connectivity index (χ2n) is 5.06. The molecule has 2 aromatic rings. The van der Waals surface area contributed by atoms with Crippen LogP contribution in [0.3, 0.4) is 0 Å². The number of pyridine rings is 1. The van der Waals surface area contributed by atoms with Gasteiger partial charge in [0.2, 0.25) is 0 Å². The molecule has 1 aromatic carbocycles. The molecule has 2 atom stereocenters. The Kier molecular flexibility index (Phi) is 5.81. The van der Waals surface area contributed by atoms with E-state index >= 15 is 0 Å². The van der Waals surface area contributed by atoms with E-state index in [0.29, 0.717) is 11.3 Å². The molecule has 124 valence electrons. The lowest BCUT2D eigenvalue weighted by Gasteiger charge is -2.16. The number of Topliss-reactive ketones (excluding diaryl/α,β-unsaturated/α-hetero) is 1. The maximum absolute atomic E-state index is 12.4. The highest BCUT2D eigenvalue weighted by atomic mass is 16.5. The number of carbonyl (C=O) groups is 2. The molecule has 0 fully saturated rings. The Hall–Kier alpha value is -3.71. The van der Waals surface area contributed by atoms with E-state index in [0.717, 1.165) is 0 Å². The van der Waals surface area contributed by atoms with E-state index in [4.69, 9.17) is 10.00 Å². The largest absolute Gasteiger partial charge is 0.483 e. The minimum atomic E-state index is -1.52. The molecule has 0 saturated heterocycles. The molecule has 0 aliphatic carbocycles. The molecule has 2 rings (SSSR count). The number of ketones is 1. The van der Waals surface area contributed by atoms with Crippen LogP contribution in [0.1, 0.15) is 12.5 Å². The van der Waals surface area contributed by atoms with E-state index < -0.39 is 23.7 Å². The van der Waals surface area contributed by atoms with Crippen molar-refractivity contribution < 1.29 is 14.3 Å². The Balaban J connectivity index is 2.03. The molecule has 0 spiro atoms. The van der Waals surface area contributed by atoms with Crippen LogP contribution in [0.5, 0.6) is 5.75 Å². The molecule has 0 saturated carbocycles. The first-order valence-electron chi connectivity index (χ1n) is 7.37. The van der Waals surface area contributed by atoms with Gasteiger partial charge in [0.05, 0.1) is 17.7 Å². The van der Waals surface area contributed by atoms with Crippen molar-refractivity contribution in [2.45, 2.75) is 13.0 Å². The summed E-state index contributed by atoms with van der Waals surface area (Å²) in [5.74, 6) is -2.33. The van der Waals surface area contributed by atoms with Gasteiger partial charge in [-0.2, -0.15) is 10.5 Å².